The van der Waals surface area contributed by atoms with Crippen LogP contribution in [0.15, 0.2) is 23.1 Å². The molecule has 0 aliphatic rings. The van der Waals surface area contributed by atoms with E-state index in [9.17, 15) is 14.9 Å². The molecular weight excluding hydrogens is 268 g/mol. The predicted octanol–water partition coefficient (Wildman–Crippen LogP) is 2.78. The zero-order valence-corrected chi connectivity index (χ0v) is 12.0. The van der Waals surface area contributed by atoms with Crippen LogP contribution in [0.4, 0.5) is 5.69 Å². The SMILES string of the molecule is CSc1ccc([N+](=O)[O-])c(C(=O)NOC(C)(C)C)c1. The van der Waals surface area contributed by atoms with Gasteiger partial charge in [0.05, 0.1) is 10.5 Å². The Balaban J connectivity index is 3.02. The molecule has 6 nitrogen and oxygen atoms in total. The van der Waals surface area contributed by atoms with Gasteiger partial charge in [-0.25, -0.2) is 5.48 Å². The van der Waals surface area contributed by atoms with Gasteiger partial charge in [0.1, 0.15) is 5.56 Å². The van der Waals surface area contributed by atoms with Gasteiger partial charge in [-0.15, -0.1) is 11.8 Å². The van der Waals surface area contributed by atoms with Gasteiger partial charge in [0, 0.05) is 11.0 Å². The summed E-state index contributed by atoms with van der Waals surface area (Å²) in [6.07, 6.45) is 1.83. The average Bonchev–Trinajstić information content (AvgIpc) is 2.34. The number of benzene rings is 1. The smallest absolute Gasteiger partial charge is 0.268 e. The fraction of sp³-hybridized carbons (Fsp3) is 0.417. The minimum atomic E-state index is -0.627. The lowest BCUT2D eigenvalue weighted by Gasteiger charge is -2.18. The normalized spacial score (nSPS) is 11.2. The molecule has 0 saturated carbocycles. The Kier molecular flexibility index (Phi) is 4.90. The summed E-state index contributed by atoms with van der Waals surface area (Å²) in [6, 6.07) is 4.40. The maximum Gasteiger partial charge on any atom is 0.282 e. The lowest BCUT2D eigenvalue weighted by Crippen LogP contribution is -2.33. The van der Waals surface area contributed by atoms with Crippen LogP contribution in [0.1, 0.15) is 31.1 Å². The minimum Gasteiger partial charge on any atom is -0.268 e. The van der Waals surface area contributed by atoms with E-state index in [0.29, 0.717) is 0 Å². The van der Waals surface area contributed by atoms with Crippen LogP contribution < -0.4 is 5.48 Å². The monoisotopic (exact) mass is 284 g/mol. The summed E-state index contributed by atoms with van der Waals surface area (Å²) < 4.78 is 0. The second-order valence-electron chi connectivity index (χ2n) is 4.79. The van der Waals surface area contributed by atoms with Crippen LogP contribution in [-0.2, 0) is 4.84 Å². The predicted molar refractivity (Wildman–Crippen MR) is 73.2 cm³/mol. The largest absolute Gasteiger partial charge is 0.282 e. The van der Waals surface area contributed by atoms with E-state index in [1.807, 2.05) is 6.26 Å². The molecule has 1 amide bonds. The molecule has 0 bridgehead atoms. The van der Waals surface area contributed by atoms with E-state index in [0.717, 1.165) is 4.90 Å². The van der Waals surface area contributed by atoms with Crippen molar-refractivity contribution in [2.75, 3.05) is 6.26 Å². The molecule has 0 atom stereocenters. The number of nitro groups is 1. The van der Waals surface area contributed by atoms with Crippen molar-refractivity contribution in [3.05, 3.63) is 33.9 Å². The summed E-state index contributed by atoms with van der Waals surface area (Å²) >= 11 is 1.40. The number of carbonyl (C=O) groups excluding carboxylic acids is 1. The molecular formula is C12H16N2O4S. The van der Waals surface area contributed by atoms with Crippen LogP contribution in [0.5, 0.6) is 0 Å². The van der Waals surface area contributed by atoms with E-state index in [1.165, 1.54) is 23.9 Å². The number of rotatable bonds is 4. The van der Waals surface area contributed by atoms with E-state index >= 15 is 0 Å². The minimum absolute atomic E-state index is 0.0129. The highest BCUT2D eigenvalue weighted by atomic mass is 32.2. The van der Waals surface area contributed by atoms with Gasteiger partial charge in [-0.05, 0) is 39.2 Å². The van der Waals surface area contributed by atoms with Gasteiger partial charge in [-0.2, -0.15) is 0 Å². The maximum absolute atomic E-state index is 11.9. The molecule has 1 N–H and O–H groups in total. The third-order valence-corrected chi connectivity index (χ3v) is 2.82. The van der Waals surface area contributed by atoms with Crippen molar-refractivity contribution in [2.45, 2.75) is 31.3 Å². The molecule has 1 rings (SSSR count). The lowest BCUT2D eigenvalue weighted by molar-refractivity contribution is -0.385. The Morgan fingerprint density at radius 1 is 1.42 bits per heavy atom. The summed E-state index contributed by atoms with van der Waals surface area (Å²) in [5.41, 5.74) is 1.41. The second kappa shape index (κ2) is 6.03. The Hall–Kier alpha value is -1.60. The quantitative estimate of drug-likeness (QED) is 0.522. The number of amides is 1. The van der Waals surface area contributed by atoms with Crippen LogP contribution in [-0.4, -0.2) is 22.7 Å². The molecule has 0 unspecified atom stereocenters. The van der Waals surface area contributed by atoms with Crippen molar-refractivity contribution in [1.29, 1.82) is 0 Å². The van der Waals surface area contributed by atoms with E-state index < -0.39 is 16.4 Å². The number of nitro benzene ring substituents is 1. The van der Waals surface area contributed by atoms with Crippen LogP contribution in [0.25, 0.3) is 0 Å². The topological polar surface area (TPSA) is 81.5 Å². The first kappa shape index (κ1) is 15.5. The summed E-state index contributed by atoms with van der Waals surface area (Å²) in [7, 11) is 0. The Bertz CT molecular complexity index is 497. The molecule has 0 aliphatic heterocycles. The van der Waals surface area contributed by atoms with Gasteiger partial charge in [0.15, 0.2) is 0 Å². The molecule has 104 valence electrons. The average molecular weight is 284 g/mol. The van der Waals surface area contributed by atoms with Crippen molar-refractivity contribution in [3.63, 3.8) is 0 Å². The highest BCUT2D eigenvalue weighted by Gasteiger charge is 2.22. The van der Waals surface area contributed by atoms with Crippen molar-refractivity contribution in [3.8, 4) is 0 Å². The highest BCUT2D eigenvalue weighted by Crippen LogP contribution is 2.24. The first-order chi connectivity index (χ1) is 8.74. The number of hydroxylamine groups is 1. The first-order valence-corrected chi connectivity index (χ1v) is 6.78. The van der Waals surface area contributed by atoms with Gasteiger partial charge in [-0.1, -0.05) is 0 Å². The summed E-state index contributed by atoms with van der Waals surface area (Å²) in [5, 5.41) is 10.9. The molecule has 0 fully saturated rings. The number of thioether (sulfide) groups is 1. The van der Waals surface area contributed by atoms with E-state index in [2.05, 4.69) is 5.48 Å². The van der Waals surface area contributed by atoms with E-state index in [4.69, 9.17) is 4.84 Å². The zero-order chi connectivity index (χ0) is 14.6. The number of hydrogen-bond donors (Lipinski definition) is 1. The third-order valence-electron chi connectivity index (χ3n) is 2.09. The Morgan fingerprint density at radius 2 is 2.05 bits per heavy atom. The van der Waals surface area contributed by atoms with Crippen LogP contribution in [0.2, 0.25) is 0 Å². The molecule has 0 saturated heterocycles. The summed E-state index contributed by atoms with van der Waals surface area (Å²) in [5.74, 6) is -0.627. The van der Waals surface area contributed by atoms with Crippen molar-refractivity contribution in [1.82, 2.24) is 5.48 Å². The summed E-state index contributed by atoms with van der Waals surface area (Å²) in [6.45, 7) is 5.29. The number of nitrogens with zero attached hydrogens (tertiary/aromatic N) is 1. The van der Waals surface area contributed by atoms with E-state index in [1.54, 1.807) is 26.8 Å². The van der Waals surface area contributed by atoms with Crippen LogP contribution in [0, 0.1) is 10.1 Å². The fourth-order valence-corrected chi connectivity index (χ4v) is 1.68. The Morgan fingerprint density at radius 3 is 2.53 bits per heavy atom. The van der Waals surface area contributed by atoms with Crippen LogP contribution >= 0.6 is 11.8 Å². The molecule has 0 radical (unpaired) electrons. The molecule has 1 aromatic rings. The van der Waals surface area contributed by atoms with Gasteiger partial charge >= 0.3 is 0 Å². The standard InChI is InChI=1S/C12H16N2O4S/c1-12(2,3)18-13-11(15)9-7-8(19-4)5-6-10(9)14(16)17/h5-7H,1-4H3,(H,13,15). The molecule has 19 heavy (non-hydrogen) atoms. The Labute approximate surface area is 115 Å². The van der Waals surface area contributed by atoms with Crippen molar-refractivity contribution < 1.29 is 14.6 Å². The first-order valence-electron chi connectivity index (χ1n) is 5.55. The molecule has 0 aliphatic carbocycles. The summed E-state index contributed by atoms with van der Waals surface area (Å²) in [4.78, 5) is 28.1. The van der Waals surface area contributed by atoms with Crippen LogP contribution in [0.3, 0.4) is 0 Å². The van der Waals surface area contributed by atoms with Gasteiger partial charge in [-0.3, -0.25) is 19.7 Å². The molecule has 0 aromatic heterocycles. The third kappa shape index (κ3) is 4.53. The fourth-order valence-electron chi connectivity index (χ4n) is 1.24. The number of carbonyl (C=O) groups is 1. The molecule has 0 heterocycles. The van der Waals surface area contributed by atoms with E-state index in [-0.39, 0.29) is 11.3 Å². The van der Waals surface area contributed by atoms with Crippen molar-refractivity contribution >= 4 is 23.4 Å². The number of nitrogens with one attached hydrogen (secondary N) is 1. The zero-order valence-electron chi connectivity index (χ0n) is 11.2. The molecule has 7 heteroatoms. The second-order valence-corrected chi connectivity index (χ2v) is 5.67. The number of hydrogen-bond acceptors (Lipinski definition) is 5. The van der Waals surface area contributed by atoms with Gasteiger partial charge in [0.2, 0.25) is 0 Å². The lowest BCUT2D eigenvalue weighted by atomic mass is 10.1. The molecule has 0 spiro atoms. The highest BCUT2D eigenvalue weighted by molar-refractivity contribution is 7.98. The maximum atomic E-state index is 11.9. The molecule has 1 aromatic carbocycles. The van der Waals surface area contributed by atoms with Crippen molar-refractivity contribution in [2.24, 2.45) is 0 Å². The van der Waals surface area contributed by atoms with Gasteiger partial charge in [0.25, 0.3) is 11.6 Å². The van der Waals surface area contributed by atoms with Gasteiger partial charge < -0.3 is 0 Å².